The van der Waals surface area contributed by atoms with E-state index in [2.05, 4.69) is 15.9 Å². The Morgan fingerprint density at radius 2 is 1.95 bits per heavy atom. The molecule has 1 unspecified atom stereocenters. The number of esters is 1. The van der Waals surface area contributed by atoms with Crippen LogP contribution in [0.15, 0.2) is 22.2 Å². The molecule has 0 fully saturated rings. The first-order valence-electron chi connectivity index (χ1n) is 5.77. The quantitative estimate of drug-likeness (QED) is 0.633. The van der Waals surface area contributed by atoms with Crippen LogP contribution in [-0.4, -0.2) is 24.8 Å². The summed E-state index contributed by atoms with van der Waals surface area (Å²) < 4.78 is 11.3. The van der Waals surface area contributed by atoms with Gasteiger partial charge >= 0.3 is 5.97 Å². The van der Waals surface area contributed by atoms with Crippen molar-refractivity contribution in [3.05, 3.63) is 22.2 Å². The third-order valence-corrected chi connectivity index (χ3v) is 3.60. The van der Waals surface area contributed by atoms with Gasteiger partial charge in [-0.25, -0.2) is 0 Å². The van der Waals surface area contributed by atoms with E-state index in [0.29, 0.717) is 10.1 Å². The van der Waals surface area contributed by atoms with Crippen molar-refractivity contribution in [1.82, 2.24) is 0 Å². The zero-order valence-electron chi connectivity index (χ0n) is 11.5. The second kappa shape index (κ2) is 5.46. The highest BCUT2D eigenvalue weighted by Crippen LogP contribution is 2.38. The van der Waals surface area contributed by atoms with Crippen LogP contribution in [0, 0.1) is 5.41 Å². The lowest BCUT2D eigenvalue weighted by Gasteiger charge is -2.35. The van der Waals surface area contributed by atoms with E-state index < -0.39 is 23.1 Å². The molecular weight excluding hydrogens is 314 g/mol. The van der Waals surface area contributed by atoms with Crippen molar-refractivity contribution < 1.29 is 19.1 Å². The molecule has 2 N–H and O–H groups in total. The Hall–Kier alpha value is -1.14. The maximum absolute atomic E-state index is 12.0. The summed E-state index contributed by atoms with van der Waals surface area (Å²) in [5.74, 6) is -2.32. The van der Waals surface area contributed by atoms with Gasteiger partial charge in [-0.05, 0) is 42.8 Å². The topological polar surface area (TPSA) is 78.6 Å². The highest BCUT2D eigenvalue weighted by Gasteiger charge is 2.43. The van der Waals surface area contributed by atoms with E-state index in [4.69, 9.17) is 15.2 Å². The van der Waals surface area contributed by atoms with Gasteiger partial charge in [0.15, 0.2) is 0 Å². The molecule has 1 amide bonds. The fourth-order valence-electron chi connectivity index (χ4n) is 1.46. The molecule has 0 radical (unpaired) electrons. The third-order valence-electron chi connectivity index (χ3n) is 2.73. The van der Waals surface area contributed by atoms with E-state index in [9.17, 15) is 9.59 Å². The monoisotopic (exact) mass is 331 g/mol. The second-order valence-electron chi connectivity index (χ2n) is 5.34. The van der Waals surface area contributed by atoms with Gasteiger partial charge in [0.05, 0.1) is 9.90 Å². The molecule has 0 heterocycles. The molecule has 0 saturated heterocycles. The standard InChI is InChI=1S/C13H18BrNO4/c1-12(2,3)11(17)19-13(18-4)7-8(10(15)16)5-6-9(13)14/h5-6H,7H2,1-4H3,(H2,15,16). The second-order valence-corrected chi connectivity index (χ2v) is 6.20. The smallest absolute Gasteiger partial charge is 0.314 e. The first kappa shape index (κ1) is 15.9. The predicted molar refractivity (Wildman–Crippen MR) is 74.2 cm³/mol. The Morgan fingerprint density at radius 3 is 2.37 bits per heavy atom. The molecule has 1 aliphatic rings. The Kier molecular flexibility index (Phi) is 4.58. The lowest BCUT2D eigenvalue weighted by molar-refractivity contribution is -0.210. The molecule has 1 atom stereocenters. The molecule has 0 bridgehead atoms. The van der Waals surface area contributed by atoms with Crippen LogP contribution in [0.3, 0.4) is 0 Å². The van der Waals surface area contributed by atoms with E-state index in [1.165, 1.54) is 7.11 Å². The minimum absolute atomic E-state index is 0.0811. The summed E-state index contributed by atoms with van der Waals surface area (Å²) in [6.45, 7) is 5.22. The van der Waals surface area contributed by atoms with E-state index in [0.717, 1.165) is 0 Å². The molecule has 5 nitrogen and oxygen atoms in total. The number of halogens is 1. The summed E-state index contributed by atoms with van der Waals surface area (Å²) in [6, 6.07) is 0. The average Bonchev–Trinajstić information content (AvgIpc) is 2.30. The highest BCUT2D eigenvalue weighted by molar-refractivity contribution is 9.11. The Bertz CT molecular complexity index is 462. The fourth-order valence-corrected chi connectivity index (χ4v) is 1.98. The van der Waals surface area contributed by atoms with Gasteiger partial charge < -0.3 is 15.2 Å². The summed E-state index contributed by atoms with van der Waals surface area (Å²) in [7, 11) is 1.41. The molecule has 1 rings (SSSR count). The molecule has 0 aromatic heterocycles. The SMILES string of the molecule is COC1(OC(=O)C(C)(C)C)CC(C(N)=O)=CC=C1Br. The van der Waals surface area contributed by atoms with Crippen LogP contribution in [-0.2, 0) is 19.1 Å². The van der Waals surface area contributed by atoms with Crippen molar-refractivity contribution in [2.45, 2.75) is 33.0 Å². The molecule has 106 valence electrons. The number of rotatable bonds is 3. The van der Waals surface area contributed by atoms with Crippen molar-refractivity contribution >= 4 is 27.8 Å². The zero-order valence-corrected chi connectivity index (χ0v) is 13.0. The van der Waals surface area contributed by atoms with E-state index >= 15 is 0 Å². The number of hydrogen-bond donors (Lipinski definition) is 1. The largest absolute Gasteiger partial charge is 0.427 e. The van der Waals surface area contributed by atoms with E-state index in [-0.39, 0.29) is 6.42 Å². The summed E-state index contributed by atoms with van der Waals surface area (Å²) in [5.41, 5.74) is 4.92. The molecule has 0 spiro atoms. The van der Waals surface area contributed by atoms with Crippen molar-refractivity contribution in [2.75, 3.05) is 7.11 Å². The van der Waals surface area contributed by atoms with Crippen LogP contribution in [0.4, 0.5) is 0 Å². The number of allylic oxidation sites excluding steroid dienone is 2. The number of carbonyl (C=O) groups excluding carboxylic acids is 2. The first-order chi connectivity index (χ1) is 8.62. The molecule has 0 aliphatic heterocycles. The maximum Gasteiger partial charge on any atom is 0.314 e. The van der Waals surface area contributed by atoms with Crippen molar-refractivity contribution in [1.29, 1.82) is 0 Å². The molecule has 6 heteroatoms. The Labute approximate surface area is 120 Å². The van der Waals surface area contributed by atoms with Gasteiger partial charge in [-0.2, -0.15) is 0 Å². The van der Waals surface area contributed by atoms with Gasteiger partial charge in [-0.1, -0.05) is 6.08 Å². The lowest BCUT2D eigenvalue weighted by atomic mass is 9.95. The van der Waals surface area contributed by atoms with Gasteiger partial charge in [-0.15, -0.1) is 0 Å². The number of nitrogens with two attached hydrogens (primary N) is 1. The molecule has 0 saturated carbocycles. The molecule has 19 heavy (non-hydrogen) atoms. The molecule has 0 aromatic carbocycles. The highest BCUT2D eigenvalue weighted by atomic mass is 79.9. The summed E-state index contributed by atoms with van der Waals surface area (Å²) >= 11 is 3.31. The van der Waals surface area contributed by atoms with Crippen molar-refractivity contribution in [2.24, 2.45) is 11.1 Å². The van der Waals surface area contributed by atoms with Gasteiger partial charge in [0.2, 0.25) is 5.91 Å². The summed E-state index contributed by atoms with van der Waals surface area (Å²) in [6.07, 6.45) is 3.26. The molecular formula is C13H18BrNO4. The maximum atomic E-state index is 12.0. The Morgan fingerprint density at radius 1 is 1.37 bits per heavy atom. The van der Waals surface area contributed by atoms with Gasteiger partial charge in [0.25, 0.3) is 5.79 Å². The molecule has 1 aliphatic carbocycles. The van der Waals surface area contributed by atoms with Crippen LogP contribution in [0.5, 0.6) is 0 Å². The van der Waals surface area contributed by atoms with Crippen LogP contribution >= 0.6 is 15.9 Å². The Balaban J connectivity index is 3.06. The number of hydrogen-bond acceptors (Lipinski definition) is 4. The van der Waals surface area contributed by atoms with Crippen molar-refractivity contribution in [3.8, 4) is 0 Å². The number of carbonyl (C=O) groups is 2. The van der Waals surface area contributed by atoms with Gasteiger partial charge in [0.1, 0.15) is 0 Å². The lowest BCUT2D eigenvalue weighted by Crippen LogP contribution is -2.43. The number of amides is 1. The van der Waals surface area contributed by atoms with Crippen LogP contribution < -0.4 is 5.73 Å². The molecule has 0 aromatic rings. The van der Waals surface area contributed by atoms with Crippen LogP contribution in [0.2, 0.25) is 0 Å². The summed E-state index contributed by atoms with van der Waals surface area (Å²) in [4.78, 5) is 23.3. The minimum atomic E-state index is -1.33. The number of ether oxygens (including phenoxy) is 2. The average molecular weight is 332 g/mol. The van der Waals surface area contributed by atoms with E-state index in [1.807, 2.05) is 0 Å². The minimum Gasteiger partial charge on any atom is -0.427 e. The van der Waals surface area contributed by atoms with Crippen molar-refractivity contribution in [3.63, 3.8) is 0 Å². The van der Waals surface area contributed by atoms with E-state index in [1.54, 1.807) is 32.9 Å². The number of primary amides is 1. The van der Waals surface area contributed by atoms with Gasteiger partial charge in [0, 0.05) is 19.1 Å². The predicted octanol–water partition coefficient (Wildman–Crippen LogP) is 2.01. The van der Waals surface area contributed by atoms with Crippen LogP contribution in [0.1, 0.15) is 27.2 Å². The zero-order chi connectivity index (χ0) is 14.8. The van der Waals surface area contributed by atoms with Gasteiger partial charge in [-0.3, -0.25) is 9.59 Å². The van der Waals surface area contributed by atoms with Crippen LogP contribution in [0.25, 0.3) is 0 Å². The fraction of sp³-hybridized carbons (Fsp3) is 0.538. The number of methoxy groups -OCH3 is 1. The first-order valence-corrected chi connectivity index (χ1v) is 6.57. The third kappa shape index (κ3) is 3.45. The normalized spacial score (nSPS) is 23.4. The summed E-state index contributed by atoms with van der Waals surface area (Å²) in [5, 5.41) is 0.